The van der Waals surface area contributed by atoms with Crippen LogP contribution in [0.1, 0.15) is 0 Å². The Bertz CT molecular complexity index is 432. The van der Waals surface area contributed by atoms with Crippen molar-refractivity contribution in [2.45, 2.75) is 6.73 Å². The molecule has 76 valence electrons. The van der Waals surface area contributed by atoms with E-state index in [1.54, 1.807) is 6.08 Å². The fourth-order valence-electron chi connectivity index (χ4n) is 0.857. The fourth-order valence-corrected chi connectivity index (χ4v) is 0.857. The largest absolute Gasteiger partial charge is 0.393 e. The summed E-state index contributed by atoms with van der Waals surface area (Å²) in [5.41, 5.74) is 4.16. The molecule has 1 aromatic rings. The molecule has 0 aromatic carbocycles. The van der Waals surface area contributed by atoms with Crippen molar-refractivity contribution < 1.29 is 4.74 Å². The van der Waals surface area contributed by atoms with Crippen molar-refractivity contribution in [3.8, 4) is 0 Å². The average molecular weight is 197 g/mol. The van der Waals surface area contributed by atoms with Gasteiger partial charge in [0.05, 0.1) is 6.61 Å². The number of hydrogen-bond donors (Lipinski definition) is 2. The van der Waals surface area contributed by atoms with Gasteiger partial charge in [0.15, 0.2) is 0 Å². The lowest BCUT2D eigenvalue weighted by molar-refractivity contribution is 0.0967. The standard InChI is InChI=1S/C8H11N3O3/c1-2-3-14-5-11-4-6(9)7(12)10-8(11)13/h2,4H,1,3,5,9H2,(H,10,12,13). The van der Waals surface area contributed by atoms with E-state index >= 15 is 0 Å². The third kappa shape index (κ3) is 2.33. The van der Waals surface area contributed by atoms with Gasteiger partial charge in [0, 0.05) is 6.20 Å². The number of nitrogen functional groups attached to an aromatic ring is 1. The number of H-pyrrole nitrogens is 1. The van der Waals surface area contributed by atoms with E-state index in [2.05, 4.69) is 11.6 Å². The summed E-state index contributed by atoms with van der Waals surface area (Å²) in [4.78, 5) is 24.1. The third-order valence-electron chi connectivity index (χ3n) is 1.50. The predicted octanol–water partition coefficient (Wildman–Crippen LogP) is -0.721. The van der Waals surface area contributed by atoms with Crippen LogP contribution in [-0.4, -0.2) is 16.2 Å². The highest BCUT2D eigenvalue weighted by Crippen LogP contribution is 1.88. The Morgan fingerprint density at radius 1 is 1.64 bits per heavy atom. The molecule has 1 heterocycles. The number of aromatic nitrogens is 2. The van der Waals surface area contributed by atoms with E-state index < -0.39 is 11.2 Å². The normalized spacial score (nSPS) is 10.0. The Kier molecular flexibility index (Phi) is 3.24. The number of nitrogens with zero attached hydrogens (tertiary/aromatic N) is 1. The van der Waals surface area contributed by atoms with Gasteiger partial charge < -0.3 is 10.5 Å². The zero-order valence-electron chi connectivity index (χ0n) is 7.53. The van der Waals surface area contributed by atoms with Crippen LogP contribution < -0.4 is 17.0 Å². The van der Waals surface area contributed by atoms with Crippen molar-refractivity contribution >= 4 is 5.69 Å². The van der Waals surface area contributed by atoms with Gasteiger partial charge in [-0.05, 0) is 0 Å². The molecule has 0 aliphatic heterocycles. The van der Waals surface area contributed by atoms with Crippen molar-refractivity contribution in [1.29, 1.82) is 0 Å². The highest BCUT2D eigenvalue weighted by Gasteiger charge is 1.99. The summed E-state index contributed by atoms with van der Waals surface area (Å²) < 4.78 is 6.18. The lowest BCUT2D eigenvalue weighted by atomic mass is 10.5. The van der Waals surface area contributed by atoms with E-state index in [4.69, 9.17) is 10.5 Å². The van der Waals surface area contributed by atoms with Crippen LogP contribution in [-0.2, 0) is 11.5 Å². The van der Waals surface area contributed by atoms with E-state index in [-0.39, 0.29) is 12.4 Å². The Hall–Kier alpha value is -1.82. The maximum absolute atomic E-state index is 11.1. The number of anilines is 1. The summed E-state index contributed by atoms with van der Waals surface area (Å²) in [6.45, 7) is 3.81. The number of ether oxygens (including phenoxy) is 1. The highest BCUT2D eigenvalue weighted by molar-refractivity contribution is 5.29. The molecule has 0 atom stereocenters. The smallest absolute Gasteiger partial charge is 0.330 e. The molecule has 0 unspecified atom stereocenters. The van der Waals surface area contributed by atoms with E-state index in [1.165, 1.54) is 10.8 Å². The molecule has 0 saturated heterocycles. The predicted molar refractivity (Wildman–Crippen MR) is 51.9 cm³/mol. The Labute approximate surface area is 79.6 Å². The molecule has 0 fully saturated rings. The molecule has 0 radical (unpaired) electrons. The monoisotopic (exact) mass is 197 g/mol. The van der Waals surface area contributed by atoms with Crippen LogP contribution in [0.3, 0.4) is 0 Å². The minimum absolute atomic E-state index is 0.0215. The van der Waals surface area contributed by atoms with Crippen molar-refractivity contribution in [2.75, 3.05) is 12.3 Å². The second kappa shape index (κ2) is 4.43. The van der Waals surface area contributed by atoms with Gasteiger partial charge in [-0.2, -0.15) is 0 Å². The summed E-state index contributed by atoms with van der Waals surface area (Å²) in [6, 6.07) is 0. The molecule has 6 heteroatoms. The van der Waals surface area contributed by atoms with Crippen LogP contribution in [0.25, 0.3) is 0 Å². The topological polar surface area (TPSA) is 90.1 Å². The maximum Gasteiger partial charge on any atom is 0.330 e. The first-order valence-electron chi connectivity index (χ1n) is 3.93. The molecule has 1 rings (SSSR count). The van der Waals surface area contributed by atoms with Gasteiger partial charge in [0.1, 0.15) is 12.4 Å². The maximum atomic E-state index is 11.1. The molecule has 0 saturated carbocycles. The molecule has 0 aliphatic rings. The zero-order chi connectivity index (χ0) is 10.6. The van der Waals surface area contributed by atoms with Crippen molar-refractivity contribution in [3.63, 3.8) is 0 Å². The number of aromatic amines is 1. The Balaban J connectivity index is 2.87. The minimum atomic E-state index is -0.588. The first-order chi connectivity index (χ1) is 6.65. The van der Waals surface area contributed by atoms with Crippen LogP contribution in [0.4, 0.5) is 5.69 Å². The van der Waals surface area contributed by atoms with Gasteiger partial charge in [0.2, 0.25) is 0 Å². The molecule has 0 bridgehead atoms. The van der Waals surface area contributed by atoms with Crippen LogP contribution in [0, 0.1) is 0 Å². The lowest BCUT2D eigenvalue weighted by Crippen LogP contribution is -2.31. The molecule has 1 aromatic heterocycles. The van der Waals surface area contributed by atoms with E-state index in [0.29, 0.717) is 6.61 Å². The van der Waals surface area contributed by atoms with Crippen LogP contribution in [0.15, 0.2) is 28.4 Å². The van der Waals surface area contributed by atoms with Gasteiger partial charge in [-0.1, -0.05) is 6.08 Å². The Morgan fingerprint density at radius 2 is 2.36 bits per heavy atom. The number of hydrogen-bond acceptors (Lipinski definition) is 4. The van der Waals surface area contributed by atoms with Crippen molar-refractivity contribution in [3.05, 3.63) is 39.7 Å². The highest BCUT2D eigenvalue weighted by atomic mass is 16.5. The van der Waals surface area contributed by atoms with Crippen molar-refractivity contribution in [1.82, 2.24) is 9.55 Å². The second-order valence-corrected chi connectivity index (χ2v) is 2.60. The summed E-state index contributed by atoms with van der Waals surface area (Å²) in [6.07, 6.45) is 2.80. The molecule has 0 spiro atoms. The lowest BCUT2D eigenvalue weighted by Gasteiger charge is -2.04. The fraction of sp³-hybridized carbons (Fsp3) is 0.250. The Morgan fingerprint density at radius 3 is 3.00 bits per heavy atom. The number of nitrogens with one attached hydrogen (secondary N) is 1. The van der Waals surface area contributed by atoms with Gasteiger partial charge >= 0.3 is 5.69 Å². The first kappa shape index (κ1) is 10.3. The van der Waals surface area contributed by atoms with E-state index in [1.807, 2.05) is 0 Å². The second-order valence-electron chi connectivity index (χ2n) is 2.60. The molecule has 0 amide bonds. The van der Waals surface area contributed by atoms with Crippen molar-refractivity contribution in [2.24, 2.45) is 0 Å². The van der Waals surface area contributed by atoms with Gasteiger partial charge in [0.25, 0.3) is 5.56 Å². The molecule has 6 nitrogen and oxygen atoms in total. The first-order valence-corrected chi connectivity index (χ1v) is 3.93. The molecule has 3 N–H and O–H groups in total. The van der Waals surface area contributed by atoms with E-state index in [0.717, 1.165) is 0 Å². The number of nitrogens with two attached hydrogens (primary N) is 1. The summed E-state index contributed by atoms with van der Waals surface area (Å²) in [5.74, 6) is 0. The summed E-state index contributed by atoms with van der Waals surface area (Å²) in [7, 11) is 0. The van der Waals surface area contributed by atoms with Gasteiger partial charge in [-0.15, -0.1) is 6.58 Å². The average Bonchev–Trinajstić information content (AvgIpc) is 2.14. The third-order valence-corrected chi connectivity index (χ3v) is 1.50. The van der Waals surface area contributed by atoms with Crippen LogP contribution >= 0.6 is 0 Å². The SMILES string of the molecule is C=CCOCn1cc(N)c(=O)[nH]c1=O. The quantitative estimate of drug-likeness (QED) is 0.492. The molecular formula is C8H11N3O3. The van der Waals surface area contributed by atoms with Crippen LogP contribution in [0.5, 0.6) is 0 Å². The summed E-state index contributed by atoms with van der Waals surface area (Å²) >= 11 is 0. The van der Waals surface area contributed by atoms with Gasteiger partial charge in [-0.25, -0.2) is 4.79 Å². The van der Waals surface area contributed by atoms with Crippen LogP contribution in [0.2, 0.25) is 0 Å². The molecule has 14 heavy (non-hydrogen) atoms. The summed E-state index contributed by atoms with van der Waals surface area (Å²) in [5, 5.41) is 0. The zero-order valence-corrected chi connectivity index (χ0v) is 7.53. The number of rotatable bonds is 4. The van der Waals surface area contributed by atoms with Gasteiger partial charge in [-0.3, -0.25) is 14.3 Å². The molecular weight excluding hydrogens is 186 g/mol. The van der Waals surface area contributed by atoms with E-state index in [9.17, 15) is 9.59 Å². The minimum Gasteiger partial charge on any atom is -0.393 e. The molecule has 0 aliphatic carbocycles.